The number of alkyl halides is 5. The van der Waals surface area contributed by atoms with Crippen molar-refractivity contribution >= 4 is 6.09 Å². The number of benzene rings is 1. The maximum Gasteiger partial charge on any atom is 0.417 e. The summed E-state index contributed by atoms with van der Waals surface area (Å²) in [6.07, 6.45) is -5.28. The molecule has 2 atom stereocenters. The third-order valence-electron chi connectivity index (χ3n) is 4.98. The van der Waals surface area contributed by atoms with Crippen LogP contribution in [0.5, 0.6) is 5.88 Å². The highest BCUT2D eigenvalue weighted by Crippen LogP contribution is 2.35. The predicted octanol–water partition coefficient (Wildman–Crippen LogP) is 5.16. The lowest BCUT2D eigenvalue weighted by molar-refractivity contribution is -0.137. The largest absolute Gasteiger partial charge is 0.475 e. The van der Waals surface area contributed by atoms with Gasteiger partial charge in [0.2, 0.25) is 5.88 Å². The minimum Gasteiger partial charge on any atom is -0.475 e. The Morgan fingerprint density at radius 1 is 1.19 bits per heavy atom. The van der Waals surface area contributed by atoms with Gasteiger partial charge in [0.05, 0.1) is 18.2 Å². The summed E-state index contributed by atoms with van der Waals surface area (Å²) in [5, 5.41) is 0. The predicted molar refractivity (Wildman–Crippen MR) is 101 cm³/mol. The van der Waals surface area contributed by atoms with E-state index in [0.717, 1.165) is 17.0 Å². The van der Waals surface area contributed by atoms with Crippen LogP contribution in [0.15, 0.2) is 48.7 Å². The van der Waals surface area contributed by atoms with E-state index in [2.05, 4.69) is 4.98 Å². The maximum atomic E-state index is 14.1. The van der Waals surface area contributed by atoms with E-state index in [4.69, 9.17) is 9.47 Å². The number of halogens is 5. The van der Waals surface area contributed by atoms with E-state index in [-0.39, 0.29) is 19.1 Å². The second-order valence-corrected chi connectivity index (χ2v) is 7.47. The molecule has 0 spiro atoms. The van der Waals surface area contributed by atoms with Gasteiger partial charge >= 0.3 is 12.3 Å². The highest BCUT2D eigenvalue weighted by molar-refractivity contribution is 5.68. The van der Waals surface area contributed by atoms with Gasteiger partial charge in [-0.2, -0.15) is 13.2 Å². The number of carbonyl (C=O) groups excluding carboxylic acids is 1. The van der Waals surface area contributed by atoms with Crippen molar-refractivity contribution < 1.29 is 36.2 Å². The molecule has 10 heteroatoms. The number of hydrogen-bond donors (Lipinski definition) is 0. The third kappa shape index (κ3) is 6.05. The van der Waals surface area contributed by atoms with Crippen molar-refractivity contribution in [1.82, 2.24) is 9.88 Å². The first-order valence-corrected chi connectivity index (χ1v) is 9.56. The third-order valence-corrected chi connectivity index (χ3v) is 4.98. The van der Waals surface area contributed by atoms with Gasteiger partial charge in [-0.3, -0.25) is 4.90 Å². The Labute approximate surface area is 175 Å². The lowest BCUT2D eigenvalue weighted by Gasteiger charge is -2.42. The van der Waals surface area contributed by atoms with Crippen LogP contribution in [-0.4, -0.2) is 41.1 Å². The standard InChI is InChI=1S/C21H21F5N2O3/c1-14-9-20(22,23)13-28(19(29)31-11-15-5-3-2-4-6-15)17(14)12-30-18-8-7-16(10-27-18)21(24,25)26/h2-8,10,14,17H,9,11-13H2,1H3. The molecule has 3 rings (SSSR count). The van der Waals surface area contributed by atoms with Gasteiger partial charge in [0, 0.05) is 18.7 Å². The summed E-state index contributed by atoms with van der Waals surface area (Å²) in [5.41, 5.74) is -0.230. The van der Waals surface area contributed by atoms with E-state index in [1.807, 2.05) is 0 Å². The fraction of sp³-hybridized carbons (Fsp3) is 0.429. The molecule has 2 heterocycles. The summed E-state index contributed by atoms with van der Waals surface area (Å²) in [5.74, 6) is -3.83. The average molecular weight is 444 g/mol. The molecule has 0 bridgehead atoms. The maximum absolute atomic E-state index is 14.1. The van der Waals surface area contributed by atoms with Crippen LogP contribution in [0.3, 0.4) is 0 Å². The second kappa shape index (κ2) is 9.07. The molecule has 168 valence electrons. The van der Waals surface area contributed by atoms with Crippen LogP contribution in [0.4, 0.5) is 26.7 Å². The van der Waals surface area contributed by atoms with Crippen molar-refractivity contribution in [3.8, 4) is 5.88 Å². The molecule has 2 aromatic rings. The molecule has 1 fully saturated rings. The van der Waals surface area contributed by atoms with E-state index >= 15 is 0 Å². The summed E-state index contributed by atoms with van der Waals surface area (Å²) in [6, 6.07) is 9.88. The van der Waals surface area contributed by atoms with E-state index in [0.29, 0.717) is 11.8 Å². The van der Waals surface area contributed by atoms with Crippen LogP contribution in [-0.2, 0) is 17.5 Å². The average Bonchev–Trinajstić information content (AvgIpc) is 2.71. The molecule has 1 aromatic heterocycles. The lowest BCUT2D eigenvalue weighted by Crippen LogP contribution is -2.57. The number of carbonyl (C=O) groups is 1. The van der Waals surface area contributed by atoms with Gasteiger partial charge in [-0.1, -0.05) is 37.3 Å². The first kappa shape index (κ1) is 22.8. The Kier molecular flexibility index (Phi) is 6.66. The quantitative estimate of drug-likeness (QED) is 0.598. The van der Waals surface area contributed by atoms with Crippen molar-refractivity contribution in [3.05, 3.63) is 59.8 Å². The Morgan fingerprint density at radius 3 is 2.52 bits per heavy atom. The molecule has 0 saturated carbocycles. The van der Waals surface area contributed by atoms with Gasteiger partial charge in [0.1, 0.15) is 13.2 Å². The van der Waals surface area contributed by atoms with Crippen molar-refractivity contribution in [3.63, 3.8) is 0 Å². The molecule has 1 aliphatic heterocycles. The van der Waals surface area contributed by atoms with E-state index in [1.54, 1.807) is 37.3 Å². The van der Waals surface area contributed by atoms with Gasteiger partial charge in [-0.05, 0) is 17.5 Å². The van der Waals surface area contributed by atoms with E-state index < -0.39 is 48.7 Å². The normalized spacial score (nSPS) is 20.9. The van der Waals surface area contributed by atoms with Gasteiger partial charge < -0.3 is 9.47 Å². The molecule has 0 N–H and O–H groups in total. The summed E-state index contributed by atoms with van der Waals surface area (Å²) in [6.45, 7) is 0.429. The van der Waals surface area contributed by atoms with Crippen LogP contribution < -0.4 is 4.74 Å². The number of nitrogens with zero attached hydrogens (tertiary/aromatic N) is 2. The molecule has 5 nitrogen and oxygen atoms in total. The molecule has 1 aliphatic rings. The van der Waals surface area contributed by atoms with Gasteiger partial charge in [0.25, 0.3) is 5.92 Å². The summed E-state index contributed by atoms with van der Waals surface area (Å²) in [4.78, 5) is 17.1. The number of piperidine rings is 1. The smallest absolute Gasteiger partial charge is 0.417 e. The topological polar surface area (TPSA) is 51.7 Å². The molecule has 1 amide bonds. The number of rotatable bonds is 5. The van der Waals surface area contributed by atoms with Gasteiger partial charge in [-0.25, -0.2) is 18.6 Å². The van der Waals surface area contributed by atoms with Gasteiger partial charge in [-0.15, -0.1) is 0 Å². The zero-order chi connectivity index (χ0) is 22.6. The Balaban J connectivity index is 1.67. The highest BCUT2D eigenvalue weighted by atomic mass is 19.4. The molecule has 31 heavy (non-hydrogen) atoms. The first-order valence-electron chi connectivity index (χ1n) is 9.56. The molecular formula is C21H21F5N2O3. The van der Waals surface area contributed by atoms with Gasteiger partial charge in [0.15, 0.2) is 0 Å². The van der Waals surface area contributed by atoms with E-state index in [1.165, 1.54) is 0 Å². The molecule has 1 aromatic carbocycles. The zero-order valence-electron chi connectivity index (χ0n) is 16.6. The minimum absolute atomic E-state index is 0.0792. The number of pyridine rings is 1. The van der Waals surface area contributed by atoms with Crippen molar-refractivity contribution in [2.75, 3.05) is 13.2 Å². The Morgan fingerprint density at radius 2 is 1.90 bits per heavy atom. The summed E-state index contributed by atoms with van der Waals surface area (Å²) in [7, 11) is 0. The lowest BCUT2D eigenvalue weighted by atomic mass is 9.89. The summed E-state index contributed by atoms with van der Waals surface area (Å²) < 4.78 is 76.8. The van der Waals surface area contributed by atoms with Crippen LogP contribution in [0.1, 0.15) is 24.5 Å². The molecule has 0 aliphatic carbocycles. The van der Waals surface area contributed by atoms with E-state index in [9.17, 15) is 26.7 Å². The molecular weight excluding hydrogens is 423 g/mol. The van der Waals surface area contributed by atoms with Crippen molar-refractivity contribution in [2.45, 2.75) is 38.1 Å². The van der Waals surface area contributed by atoms with Crippen LogP contribution in [0, 0.1) is 5.92 Å². The monoisotopic (exact) mass is 444 g/mol. The SMILES string of the molecule is CC1CC(F)(F)CN(C(=O)OCc2ccccc2)C1COc1ccc(C(F)(F)F)cn1. The number of aromatic nitrogens is 1. The number of amides is 1. The molecule has 1 saturated heterocycles. The van der Waals surface area contributed by atoms with Crippen LogP contribution in [0.25, 0.3) is 0 Å². The highest BCUT2D eigenvalue weighted by Gasteiger charge is 2.47. The molecule has 0 radical (unpaired) electrons. The molecule has 2 unspecified atom stereocenters. The Hall–Kier alpha value is -2.91. The fourth-order valence-corrected chi connectivity index (χ4v) is 3.41. The van der Waals surface area contributed by atoms with Crippen molar-refractivity contribution in [1.29, 1.82) is 0 Å². The number of likely N-dealkylation sites (tertiary alicyclic amines) is 1. The van der Waals surface area contributed by atoms with Crippen LogP contribution in [0.2, 0.25) is 0 Å². The zero-order valence-corrected chi connectivity index (χ0v) is 16.6. The van der Waals surface area contributed by atoms with Crippen molar-refractivity contribution in [2.24, 2.45) is 5.92 Å². The van der Waals surface area contributed by atoms with Crippen LogP contribution >= 0.6 is 0 Å². The Bertz CT molecular complexity index is 875. The first-order chi connectivity index (χ1) is 14.5. The number of ether oxygens (including phenoxy) is 2. The second-order valence-electron chi connectivity index (χ2n) is 7.47. The number of hydrogen-bond acceptors (Lipinski definition) is 4. The summed E-state index contributed by atoms with van der Waals surface area (Å²) >= 11 is 0. The fourth-order valence-electron chi connectivity index (χ4n) is 3.41. The minimum atomic E-state index is -4.53.